The average molecular weight is 420 g/mol. The fourth-order valence-electron chi connectivity index (χ4n) is 3.40. The highest BCUT2D eigenvalue weighted by Crippen LogP contribution is 2.33. The van der Waals surface area contributed by atoms with Crippen molar-refractivity contribution in [3.8, 4) is 5.75 Å². The summed E-state index contributed by atoms with van der Waals surface area (Å²) in [7, 11) is 1.76. The molecule has 5 nitrogen and oxygen atoms in total. The Hall–Kier alpha value is -1.90. The minimum atomic E-state index is -0.371. The van der Waals surface area contributed by atoms with E-state index >= 15 is 0 Å². The molecule has 0 atom stereocenters. The van der Waals surface area contributed by atoms with Gasteiger partial charge in [-0.2, -0.15) is 0 Å². The Labute approximate surface area is 171 Å². The van der Waals surface area contributed by atoms with E-state index in [1.54, 1.807) is 41.2 Å². The number of likely N-dealkylation sites (N-methyl/N-ethyl adjacent to an activating group) is 1. The number of hydrogen-bond acceptors (Lipinski definition) is 6. The molecule has 0 fully saturated rings. The van der Waals surface area contributed by atoms with Crippen molar-refractivity contribution in [2.75, 3.05) is 25.4 Å². The molecule has 1 aliphatic heterocycles. The van der Waals surface area contributed by atoms with Crippen molar-refractivity contribution in [2.24, 2.45) is 7.05 Å². The Bertz CT molecular complexity index is 1060. The number of thiophene rings is 1. The van der Waals surface area contributed by atoms with Gasteiger partial charge in [0.25, 0.3) is 5.56 Å². The van der Waals surface area contributed by atoms with Gasteiger partial charge in [0.1, 0.15) is 4.83 Å². The third-order valence-corrected chi connectivity index (χ3v) is 7.08. The van der Waals surface area contributed by atoms with Gasteiger partial charge in [0, 0.05) is 30.8 Å². The molecule has 0 N–H and O–H groups in total. The van der Waals surface area contributed by atoms with Crippen molar-refractivity contribution in [3.05, 3.63) is 50.9 Å². The molecule has 0 unspecified atom stereocenters. The lowest BCUT2D eigenvalue weighted by Crippen LogP contribution is -2.30. The fourth-order valence-corrected chi connectivity index (χ4v) is 5.50. The highest BCUT2D eigenvalue weighted by atomic mass is 32.2. The first-order chi connectivity index (χ1) is 13.6. The van der Waals surface area contributed by atoms with Gasteiger partial charge in [-0.3, -0.25) is 14.3 Å². The van der Waals surface area contributed by atoms with Crippen LogP contribution in [-0.4, -0.2) is 39.9 Å². The summed E-state index contributed by atoms with van der Waals surface area (Å²) < 4.78 is 20.7. The quantitative estimate of drug-likeness (QED) is 0.347. The predicted octanol–water partition coefficient (Wildman–Crippen LogP) is 3.68. The van der Waals surface area contributed by atoms with Crippen LogP contribution in [0.3, 0.4) is 0 Å². The number of ether oxygens (including phenoxy) is 1. The fraction of sp³-hybridized carbons (Fsp3) is 0.400. The zero-order valence-corrected chi connectivity index (χ0v) is 17.5. The van der Waals surface area contributed by atoms with Gasteiger partial charge in [0.05, 0.1) is 12.0 Å². The third kappa shape index (κ3) is 3.68. The van der Waals surface area contributed by atoms with Crippen LogP contribution in [0.15, 0.2) is 34.2 Å². The summed E-state index contributed by atoms with van der Waals surface area (Å²) in [6, 6.07) is 6.35. The van der Waals surface area contributed by atoms with Crippen LogP contribution in [0.25, 0.3) is 10.2 Å². The molecule has 0 radical (unpaired) electrons. The molecule has 0 saturated carbocycles. The molecule has 1 aliphatic rings. The third-order valence-electron chi connectivity index (χ3n) is 4.98. The van der Waals surface area contributed by atoms with Crippen molar-refractivity contribution in [3.63, 3.8) is 0 Å². The molecule has 1 aromatic carbocycles. The SMILES string of the molecule is CCN1CCc2c(sc3nc(SCCOc4ccccc4F)n(C)c(=O)c23)C1. The second-order valence-corrected chi connectivity index (χ2v) is 8.83. The minimum absolute atomic E-state index is 0.0185. The number of halogens is 1. The number of benzene rings is 1. The summed E-state index contributed by atoms with van der Waals surface area (Å²) in [5, 5.41) is 1.45. The molecular weight excluding hydrogens is 397 g/mol. The summed E-state index contributed by atoms with van der Waals surface area (Å²) in [4.78, 5) is 22.2. The summed E-state index contributed by atoms with van der Waals surface area (Å²) in [5.41, 5.74) is 1.20. The highest BCUT2D eigenvalue weighted by molar-refractivity contribution is 7.99. The van der Waals surface area contributed by atoms with E-state index in [-0.39, 0.29) is 17.1 Å². The predicted molar refractivity (Wildman–Crippen MR) is 112 cm³/mol. The van der Waals surface area contributed by atoms with E-state index in [4.69, 9.17) is 9.72 Å². The zero-order valence-electron chi connectivity index (χ0n) is 15.9. The van der Waals surface area contributed by atoms with Crippen LogP contribution in [-0.2, 0) is 20.0 Å². The molecule has 0 aliphatic carbocycles. The highest BCUT2D eigenvalue weighted by Gasteiger charge is 2.24. The molecule has 3 aromatic rings. The smallest absolute Gasteiger partial charge is 0.262 e. The second kappa shape index (κ2) is 8.23. The van der Waals surface area contributed by atoms with Crippen LogP contribution in [0.5, 0.6) is 5.75 Å². The Morgan fingerprint density at radius 2 is 2.18 bits per heavy atom. The van der Waals surface area contributed by atoms with Crippen LogP contribution >= 0.6 is 23.1 Å². The van der Waals surface area contributed by atoms with E-state index in [0.29, 0.717) is 17.5 Å². The summed E-state index contributed by atoms with van der Waals surface area (Å²) in [5.74, 6) is 0.450. The first-order valence-corrected chi connectivity index (χ1v) is 11.1. The lowest BCUT2D eigenvalue weighted by Gasteiger charge is -2.24. The van der Waals surface area contributed by atoms with Crippen LogP contribution in [0, 0.1) is 5.82 Å². The molecule has 28 heavy (non-hydrogen) atoms. The van der Waals surface area contributed by atoms with Gasteiger partial charge in [0.15, 0.2) is 16.7 Å². The van der Waals surface area contributed by atoms with E-state index in [2.05, 4.69) is 11.8 Å². The number of para-hydroxylation sites is 1. The minimum Gasteiger partial charge on any atom is -0.490 e. The number of aromatic nitrogens is 2. The first-order valence-electron chi connectivity index (χ1n) is 9.32. The summed E-state index contributed by atoms with van der Waals surface area (Å²) in [6.45, 7) is 5.40. The molecule has 4 rings (SSSR count). The lowest BCUT2D eigenvalue weighted by atomic mass is 10.1. The Morgan fingerprint density at radius 3 is 2.96 bits per heavy atom. The molecule has 0 spiro atoms. The van der Waals surface area contributed by atoms with Crippen LogP contribution in [0.1, 0.15) is 17.4 Å². The van der Waals surface area contributed by atoms with Gasteiger partial charge in [-0.1, -0.05) is 30.8 Å². The van der Waals surface area contributed by atoms with Gasteiger partial charge in [-0.05, 0) is 30.7 Å². The molecule has 148 valence electrons. The molecule has 0 bridgehead atoms. The monoisotopic (exact) mass is 419 g/mol. The summed E-state index contributed by atoms with van der Waals surface area (Å²) >= 11 is 3.09. The van der Waals surface area contributed by atoms with Crippen LogP contribution in [0.2, 0.25) is 0 Å². The Kier molecular flexibility index (Phi) is 5.70. The molecule has 0 amide bonds. The standard InChI is InChI=1S/C20H22FN3O2S2/c1-3-24-9-8-13-16(12-24)28-18-17(13)19(25)23(2)20(22-18)27-11-10-26-15-7-5-4-6-14(15)21/h4-7H,3,8-12H2,1-2H3. The van der Waals surface area contributed by atoms with Crippen molar-refractivity contribution >= 4 is 33.3 Å². The molecule has 0 saturated heterocycles. The maximum atomic E-state index is 13.6. The number of hydrogen-bond donors (Lipinski definition) is 0. The van der Waals surface area contributed by atoms with Crippen molar-refractivity contribution < 1.29 is 9.13 Å². The van der Waals surface area contributed by atoms with Gasteiger partial charge >= 0.3 is 0 Å². The number of rotatable bonds is 6. The molecule has 3 heterocycles. The maximum Gasteiger partial charge on any atom is 0.262 e. The van der Waals surface area contributed by atoms with E-state index in [1.807, 2.05) is 0 Å². The van der Waals surface area contributed by atoms with Gasteiger partial charge < -0.3 is 4.74 Å². The number of nitrogens with zero attached hydrogens (tertiary/aromatic N) is 3. The lowest BCUT2D eigenvalue weighted by molar-refractivity contribution is 0.272. The molecular formula is C20H22FN3O2S2. The van der Waals surface area contributed by atoms with E-state index in [9.17, 15) is 9.18 Å². The number of thioether (sulfide) groups is 1. The molecule has 2 aromatic heterocycles. The van der Waals surface area contributed by atoms with E-state index in [1.165, 1.54) is 28.3 Å². The van der Waals surface area contributed by atoms with Crippen molar-refractivity contribution in [2.45, 2.75) is 25.0 Å². The largest absolute Gasteiger partial charge is 0.490 e. The van der Waals surface area contributed by atoms with E-state index in [0.717, 1.165) is 36.3 Å². The first kappa shape index (κ1) is 19.4. The average Bonchev–Trinajstić information content (AvgIpc) is 3.07. The summed E-state index contributed by atoms with van der Waals surface area (Å²) in [6.07, 6.45) is 0.906. The van der Waals surface area contributed by atoms with Crippen molar-refractivity contribution in [1.82, 2.24) is 14.5 Å². The maximum absolute atomic E-state index is 13.6. The Morgan fingerprint density at radius 1 is 1.36 bits per heavy atom. The normalized spacial score (nSPS) is 14.4. The molecule has 8 heteroatoms. The van der Waals surface area contributed by atoms with Gasteiger partial charge in [0.2, 0.25) is 0 Å². The van der Waals surface area contributed by atoms with Gasteiger partial charge in [-0.25, -0.2) is 9.37 Å². The topological polar surface area (TPSA) is 47.4 Å². The van der Waals surface area contributed by atoms with Crippen molar-refractivity contribution in [1.29, 1.82) is 0 Å². The number of fused-ring (bicyclic) bond motifs is 3. The van der Waals surface area contributed by atoms with Crippen LogP contribution in [0.4, 0.5) is 4.39 Å². The van der Waals surface area contributed by atoms with Crippen LogP contribution < -0.4 is 10.3 Å². The zero-order chi connectivity index (χ0) is 19.7. The second-order valence-electron chi connectivity index (χ2n) is 6.69. The Balaban J connectivity index is 1.51. The van der Waals surface area contributed by atoms with E-state index < -0.39 is 0 Å². The van der Waals surface area contributed by atoms with Gasteiger partial charge in [-0.15, -0.1) is 11.3 Å².